The van der Waals surface area contributed by atoms with Gasteiger partial charge < -0.3 is 9.47 Å². The van der Waals surface area contributed by atoms with Crippen molar-refractivity contribution in [2.45, 2.75) is 25.6 Å². The fraction of sp³-hybridized carbons (Fsp3) is 1.00. The van der Waals surface area contributed by atoms with E-state index in [4.69, 9.17) is 9.47 Å². The SMILES string of the molecule is CC1CO[C@@H]2CCO[C@H]12. The molecule has 2 heterocycles. The molecule has 2 heteroatoms. The summed E-state index contributed by atoms with van der Waals surface area (Å²) in [7, 11) is 0. The zero-order valence-corrected chi connectivity index (χ0v) is 5.67. The van der Waals surface area contributed by atoms with Gasteiger partial charge in [-0.3, -0.25) is 0 Å². The van der Waals surface area contributed by atoms with E-state index >= 15 is 0 Å². The van der Waals surface area contributed by atoms with Gasteiger partial charge in [-0.25, -0.2) is 0 Å². The van der Waals surface area contributed by atoms with E-state index in [9.17, 15) is 0 Å². The molecule has 0 amide bonds. The normalized spacial score (nSPS) is 49.7. The molecule has 2 fully saturated rings. The lowest BCUT2D eigenvalue weighted by molar-refractivity contribution is 0.0658. The lowest BCUT2D eigenvalue weighted by Crippen LogP contribution is -2.19. The summed E-state index contributed by atoms with van der Waals surface area (Å²) in [6, 6.07) is 0. The van der Waals surface area contributed by atoms with Crippen LogP contribution in [0.1, 0.15) is 13.3 Å². The van der Waals surface area contributed by atoms with Crippen LogP contribution < -0.4 is 0 Å². The second-order valence-corrected chi connectivity index (χ2v) is 2.97. The smallest absolute Gasteiger partial charge is 0.0884 e. The zero-order chi connectivity index (χ0) is 6.27. The molecular formula is C7H12O2. The van der Waals surface area contributed by atoms with Crippen LogP contribution in [-0.2, 0) is 9.47 Å². The van der Waals surface area contributed by atoms with Crippen LogP contribution in [0.15, 0.2) is 0 Å². The van der Waals surface area contributed by atoms with Gasteiger partial charge in [0.05, 0.1) is 18.8 Å². The third-order valence-corrected chi connectivity index (χ3v) is 2.21. The van der Waals surface area contributed by atoms with Crippen molar-refractivity contribution in [3.05, 3.63) is 0 Å². The average molecular weight is 128 g/mol. The quantitative estimate of drug-likeness (QED) is 0.480. The highest BCUT2D eigenvalue weighted by molar-refractivity contribution is 4.86. The maximum Gasteiger partial charge on any atom is 0.0884 e. The standard InChI is InChI=1S/C7H12O2/c1-5-4-9-6-2-3-8-7(5)6/h5-7H,2-4H2,1H3/t5?,6-,7-/m1/s1. The fourth-order valence-corrected chi connectivity index (χ4v) is 1.67. The van der Waals surface area contributed by atoms with Gasteiger partial charge in [0.1, 0.15) is 0 Å². The van der Waals surface area contributed by atoms with Gasteiger partial charge in [0.2, 0.25) is 0 Å². The molecule has 0 bridgehead atoms. The second kappa shape index (κ2) is 1.96. The van der Waals surface area contributed by atoms with Crippen LogP contribution in [-0.4, -0.2) is 25.4 Å². The predicted octanol–water partition coefficient (Wildman–Crippen LogP) is 0.810. The summed E-state index contributed by atoms with van der Waals surface area (Å²) in [5.41, 5.74) is 0. The minimum absolute atomic E-state index is 0.421. The monoisotopic (exact) mass is 128 g/mol. The van der Waals surface area contributed by atoms with E-state index in [2.05, 4.69) is 6.92 Å². The second-order valence-electron chi connectivity index (χ2n) is 2.97. The number of ether oxygens (including phenoxy) is 2. The molecule has 2 nitrogen and oxygen atoms in total. The minimum atomic E-state index is 0.421. The molecule has 0 aromatic heterocycles. The first-order valence-electron chi connectivity index (χ1n) is 3.61. The largest absolute Gasteiger partial charge is 0.375 e. The Hall–Kier alpha value is -0.0800. The van der Waals surface area contributed by atoms with Gasteiger partial charge in [-0.15, -0.1) is 0 Å². The van der Waals surface area contributed by atoms with Gasteiger partial charge in [-0.05, 0) is 6.42 Å². The van der Waals surface area contributed by atoms with E-state index in [0.29, 0.717) is 18.1 Å². The number of hydrogen-bond donors (Lipinski definition) is 0. The molecule has 0 saturated carbocycles. The summed E-state index contributed by atoms with van der Waals surface area (Å²) in [5.74, 6) is 0.623. The fourth-order valence-electron chi connectivity index (χ4n) is 1.67. The Balaban J connectivity index is 2.07. The van der Waals surface area contributed by atoms with E-state index in [1.165, 1.54) is 0 Å². The summed E-state index contributed by atoms with van der Waals surface area (Å²) < 4.78 is 10.9. The van der Waals surface area contributed by atoms with Crippen molar-refractivity contribution in [3.63, 3.8) is 0 Å². The van der Waals surface area contributed by atoms with E-state index in [0.717, 1.165) is 19.6 Å². The Morgan fingerprint density at radius 2 is 2.22 bits per heavy atom. The van der Waals surface area contributed by atoms with Crippen LogP contribution in [0.4, 0.5) is 0 Å². The van der Waals surface area contributed by atoms with Crippen molar-refractivity contribution < 1.29 is 9.47 Å². The summed E-state index contributed by atoms with van der Waals surface area (Å²) in [6.45, 7) is 3.99. The highest BCUT2D eigenvalue weighted by Gasteiger charge is 2.38. The lowest BCUT2D eigenvalue weighted by atomic mass is 10.1. The Morgan fingerprint density at radius 1 is 1.33 bits per heavy atom. The Labute approximate surface area is 55.1 Å². The van der Waals surface area contributed by atoms with Gasteiger partial charge in [-0.2, -0.15) is 0 Å². The topological polar surface area (TPSA) is 18.5 Å². The van der Waals surface area contributed by atoms with Crippen LogP contribution in [0.5, 0.6) is 0 Å². The molecule has 52 valence electrons. The van der Waals surface area contributed by atoms with Crippen LogP contribution in [0.25, 0.3) is 0 Å². The Morgan fingerprint density at radius 3 is 3.00 bits per heavy atom. The molecule has 2 aliphatic rings. The maximum absolute atomic E-state index is 5.46. The van der Waals surface area contributed by atoms with Crippen molar-refractivity contribution in [2.24, 2.45) is 5.92 Å². The first-order chi connectivity index (χ1) is 4.38. The molecule has 0 N–H and O–H groups in total. The molecule has 0 aromatic rings. The first-order valence-corrected chi connectivity index (χ1v) is 3.61. The van der Waals surface area contributed by atoms with Crippen molar-refractivity contribution >= 4 is 0 Å². The third-order valence-electron chi connectivity index (χ3n) is 2.21. The number of rotatable bonds is 0. The molecular weight excluding hydrogens is 116 g/mol. The molecule has 9 heavy (non-hydrogen) atoms. The predicted molar refractivity (Wildman–Crippen MR) is 33.3 cm³/mol. The maximum atomic E-state index is 5.46. The van der Waals surface area contributed by atoms with E-state index in [1.54, 1.807) is 0 Å². The Bertz CT molecular complexity index is 113. The van der Waals surface area contributed by atoms with Gasteiger partial charge in [0, 0.05) is 12.5 Å². The molecule has 0 aromatic carbocycles. The summed E-state index contributed by atoms with van der Waals surface area (Å²) in [4.78, 5) is 0. The summed E-state index contributed by atoms with van der Waals surface area (Å²) in [6.07, 6.45) is 1.96. The highest BCUT2D eigenvalue weighted by Crippen LogP contribution is 2.29. The number of hydrogen-bond acceptors (Lipinski definition) is 2. The van der Waals surface area contributed by atoms with E-state index in [-0.39, 0.29) is 0 Å². The van der Waals surface area contributed by atoms with Crippen LogP contribution in [0, 0.1) is 5.92 Å². The molecule has 1 unspecified atom stereocenters. The van der Waals surface area contributed by atoms with E-state index < -0.39 is 0 Å². The lowest BCUT2D eigenvalue weighted by Gasteiger charge is -2.08. The molecule has 2 saturated heterocycles. The number of fused-ring (bicyclic) bond motifs is 1. The van der Waals surface area contributed by atoms with Gasteiger partial charge in [0.15, 0.2) is 0 Å². The Kier molecular flexibility index (Phi) is 1.24. The zero-order valence-electron chi connectivity index (χ0n) is 5.67. The van der Waals surface area contributed by atoms with Crippen molar-refractivity contribution in [1.82, 2.24) is 0 Å². The van der Waals surface area contributed by atoms with Crippen LogP contribution >= 0.6 is 0 Å². The molecule has 3 atom stereocenters. The molecule has 2 aliphatic heterocycles. The minimum Gasteiger partial charge on any atom is -0.375 e. The molecule has 0 spiro atoms. The van der Waals surface area contributed by atoms with Crippen molar-refractivity contribution in [2.75, 3.05) is 13.2 Å². The molecule has 2 rings (SSSR count). The molecule has 0 radical (unpaired) electrons. The first kappa shape index (κ1) is 5.69. The summed E-state index contributed by atoms with van der Waals surface area (Å²) >= 11 is 0. The van der Waals surface area contributed by atoms with Gasteiger partial charge >= 0.3 is 0 Å². The highest BCUT2D eigenvalue weighted by atomic mass is 16.6. The average Bonchev–Trinajstić information content (AvgIpc) is 2.35. The van der Waals surface area contributed by atoms with Gasteiger partial charge in [0.25, 0.3) is 0 Å². The van der Waals surface area contributed by atoms with E-state index in [1.807, 2.05) is 0 Å². The van der Waals surface area contributed by atoms with Crippen LogP contribution in [0.2, 0.25) is 0 Å². The summed E-state index contributed by atoms with van der Waals surface area (Å²) in [5, 5.41) is 0. The van der Waals surface area contributed by atoms with Crippen molar-refractivity contribution in [1.29, 1.82) is 0 Å². The third kappa shape index (κ3) is 0.775. The van der Waals surface area contributed by atoms with Crippen molar-refractivity contribution in [3.8, 4) is 0 Å². The van der Waals surface area contributed by atoms with Crippen LogP contribution in [0.3, 0.4) is 0 Å². The molecule has 0 aliphatic carbocycles. The van der Waals surface area contributed by atoms with Gasteiger partial charge in [-0.1, -0.05) is 6.92 Å².